The lowest BCUT2D eigenvalue weighted by Gasteiger charge is -2.12. The number of allylic oxidation sites excluding steroid dienone is 9. The van der Waals surface area contributed by atoms with E-state index >= 15 is 0 Å². The van der Waals surface area contributed by atoms with Gasteiger partial charge in [-0.1, -0.05) is 299 Å². The van der Waals surface area contributed by atoms with E-state index < -0.39 is 0 Å². The molecule has 0 N–H and O–H groups in total. The van der Waals surface area contributed by atoms with Gasteiger partial charge >= 0.3 is 0 Å². The van der Waals surface area contributed by atoms with Crippen LogP contribution in [0.1, 0.15) is 69.2 Å². The molecule has 0 aromatic heterocycles. The Morgan fingerprint density at radius 1 is 0.416 bits per heavy atom. The van der Waals surface area contributed by atoms with Crippen LogP contribution in [0.2, 0.25) is 0 Å². The minimum atomic E-state index is 0.929. The normalized spacial score (nSPS) is 11.7. The highest BCUT2D eigenvalue weighted by molar-refractivity contribution is 5.92. The summed E-state index contributed by atoms with van der Waals surface area (Å²) in [5.74, 6) is 0. The third-order valence-corrected chi connectivity index (χ3v) is 13.3. The van der Waals surface area contributed by atoms with E-state index in [9.17, 15) is 0 Å². The van der Waals surface area contributed by atoms with E-state index in [0.29, 0.717) is 0 Å². The summed E-state index contributed by atoms with van der Waals surface area (Å²) in [4.78, 5) is 4.75. The second-order valence-electron chi connectivity index (χ2n) is 19.0. The number of fused-ring (bicyclic) bond motifs is 1. The maximum Gasteiger partial charge on any atom is 0.0630 e. The van der Waals surface area contributed by atoms with Crippen molar-refractivity contribution in [2.45, 2.75) is 47.0 Å². The Morgan fingerprint density at radius 2 is 0.831 bits per heavy atom. The SMILES string of the molecule is C/C=C\C(=C/C=Nc1ccc(-c2ccc(/C(=C/C(=C/CC)c3ccc4ccccc4c3)CCC)cc2)cc1)c1ccc(-c2ccccc2)cc1.C=C(C)c1ccccc1.c1ccc(-c2ccc(-c3ccccc3)cc2)cc1. The molecule has 0 aliphatic rings. The van der Waals surface area contributed by atoms with Gasteiger partial charge in [0.05, 0.1) is 5.69 Å². The lowest BCUT2D eigenvalue weighted by atomic mass is 9.93. The molecule has 10 aromatic carbocycles. The van der Waals surface area contributed by atoms with Crippen molar-refractivity contribution in [3.8, 4) is 44.5 Å². The zero-order chi connectivity index (χ0) is 53.4. The van der Waals surface area contributed by atoms with Gasteiger partial charge in [0.2, 0.25) is 0 Å². The van der Waals surface area contributed by atoms with Gasteiger partial charge in [0.15, 0.2) is 0 Å². The Balaban J connectivity index is 0.000000234. The van der Waals surface area contributed by atoms with Gasteiger partial charge in [0.25, 0.3) is 0 Å². The number of benzene rings is 10. The summed E-state index contributed by atoms with van der Waals surface area (Å²) in [6.07, 6.45) is 16.0. The minimum Gasteiger partial charge on any atom is -0.257 e. The predicted octanol–water partition coefficient (Wildman–Crippen LogP) is 22.0. The van der Waals surface area contributed by atoms with Gasteiger partial charge < -0.3 is 0 Å². The highest BCUT2D eigenvalue weighted by Crippen LogP contribution is 2.32. The van der Waals surface area contributed by atoms with E-state index in [1.807, 2.05) is 56.5 Å². The molecule has 0 unspecified atom stereocenters. The van der Waals surface area contributed by atoms with Crippen LogP contribution in [0.4, 0.5) is 5.69 Å². The van der Waals surface area contributed by atoms with E-state index in [2.05, 4.69) is 275 Å². The highest BCUT2D eigenvalue weighted by atomic mass is 14.7. The maximum absolute atomic E-state index is 4.75. The van der Waals surface area contributed by atoms with Crippen LogP contribution in [0.5, 0.6) is 0 Å². The topological polar surface area (TPSA) is 12.4 Å². The third-order valence-electron chi connectivity index (χ3n) is 13.3. The van der Waals surface area contributed by atoms with Crippen molar-refractivity contribution in [1.29, 1.82) is 0 Å². The number of rotatable bonds is 15. The lowest BCUT2D eigenvalue weighted by Crippen LogP contribution is -1.89. The monoisotopic (exact) mass is 996 g/mol. The fourth-order valence-corrected chi connectivity index (χ4v) is 9.18. The molecular formula is C76H69N. The lowest BCUT2D eigenvalue weighted by molar-refractivity contribution is 0.973. The second kappa shape index (κ2) is 28.5. The van der Waals surface area contributed by atoms with E-state index in [0.717, 1.165) is 41.7 Å². The molecule has 0 bridgehead atoms. The van der Waals surface area contributed by atoms with E-state index in [1.54, 1.807) is 0 Å². The van der Waals surface area contributed by atoms with Crippen molar-refractivity contribution in [2.75, 3.05) is 0 Å². The predicted molar refractivity (Wildman–Crippen MR) is 338 cm³/mol. The molecule has 0 spiro atoms. The molecular weight excluding hydrogens is 927 g/mol. The van der Waals surface area contributed by atoms with E-state index in [-0.39, 0.29) is 0 Å². The largest absolute Gasteiger partial charge is 0.257 e. The van der Waals surface area contributed by atoms with Crippen LogP contribution in [0.25, 0.3) is 77.6 Å². The number of nitrogens with zero attached hydrogens (tertiary/aromatic N) is 1. The quantitative estimate of drug-likeness (QED) is 0.0717. The average Bonchev–Trinajstić information content (AvgIpc) is 3.50. The van der Waals surface area contributed by atoms with Gasteiger partial charge in [-0.25, -0.2) is 0 Å². The van der Waals surface area contributed by atoms with Gasteiger partial charge in [0, 0.05) is 6.21 Å². The maximum atomic E-state index is 4.75. The first-order chi connectivity index (χ1) is 37.9. The van der Waals surface area contributed by atoms with E-state index in [4.69, 9.17) is 4.99 Å². The minimum absolute atomic E-state index is 0.929. The fourth-order valence-electron chi connectivity index (χ4n) is 9.18. The van der Waals surface area contributed by atoms with Crippen molar-refractivity contribution in [2.24, 2.45) is 4.99 Å². The highest BCUT2D eigenvalue weighted by Gasteiger charge is 2.08. The van der Waals surface area contributed by atoms with Gasteiger partial charge in [-0.05, 0) is 145 Å². The van der Waals surface area contributed by atoms with Crippen LogP contribution < -0.4 is 0 Å². The molecule has 1 nitrogen and oxygen atoms in total. The summed E-state index contributed by atoms with van der Waals surface area (Å²) in [7, 11) is 0. The van der Waals surface area contributed by atoms with Crippen molar-refractivity contribution in [3.05, 3.63) is 320 Å². The molecule has 378 valence electrons. The standard InChI is InChI=1S/C49H45N.C18H14.C9H10/c1-4-12-37(40-19-21-41(22-20-40)38-15-8-7-9-16-38)33-34-50-49-31-29-43(30-32-49)42-23-25-44(26-24-42)45(13-5-2)35-46(14-6-3)48-28-27-39-17-10-11-18-47(39)36-48;1-3-7-15(8-4-1)17-11-13-18(14-12-17)16-9-5-2-6-10-16;1-8(2)9-6-4-3-5-7-9/h4,7-12,14-36H,5-6,13H2,1-3H3;1-14H;3-7H,1H2,2H3/b12-4-,37-33+,45-35+,46-14-,50-34?;;. The molecule has 0 amide bonds. The first-order valence-electron chi connectivity index (χ1n) is 26.9. The van der Waals surface area contributed by atoms with Gasteiger partial charge in [-0.3, -0.25) is 4.99 Å². The Hall–Kier alpha value is -9.17. The van der Waals surface area contributed by atoms with E-state index in [1.165, 1.54) is 83.1 Å². The molecule has 0 aliphatic carbocycles. The van der Waals surface area contributed by atoms with Crippen LogP contribution in [-0.4, -0.2) is 6.21 Å². The molecule has 77 heavy (non-hydrogen) atoms. The molecule has 0 fully saturated rings. The van der Waals surface area contributed by atoms with Crippen molar-refractivity contribution in [3.63, 3.8) is 0 Å². The zero-order valence-corrected chi connectivity index (χ0v) is 45.1. The summed E-state index contributed by atoms with van der Waals surface area (Å²) >= 11 is 0. The average molecular weight is 996 g/mol. The van der Waals surface area contributed by atoms with Gasteiger partial charge in [-0.2, -0.15) is 0 Å². The Labute approximate surface area is 459 Å². The molecule has 0 aliphatic heterocycles. The third kappa shape index (κ3) is 15.7. The first-order valence-corrected chi connectivity index (χ1v) is 26.9. The van der Waals surface area contributed by atoms with Crippen LogP contribution >= 0.6 is 0 Å². The zero-order valence-electron chi connectivity index (χ0n) is 45.1. The first kappa shape index (κ1) is 54.1. The molecule has 10 aromatic rings. The smallest absolute Gasteiger partial charge is 0.0630 e. The molecule has 0 heterocycles. The van der Waals surface area contributed by atoms with Crippen LogP contribution in [0.3, 0.4) is 0 Å². The summed E-state index contributed by atoms with van der Waals surface area (Å²) in [5, 5.41) is 2.55. The van der Waals surface area contributed by atoms with Gasteiger partial charge in [0.1, 0.15) is 0 Å². The fraction of sp³-hybridized carbons (Fsp3) is 0.0921. The molecule has 1 heteroatoms. The summed E-state index contributed by atoms with van der Waals surface area (Å²) < 4.78 is 0. The van der Waals surface area contributed by atoms with Crippen LogP contribution in [-0.2, 0) is 0 Å². The summed E-state index contributed by atoms with van der Waals surface area (Å²) in [6.45, 7) is 12.3. The van der Waals surface area contributed by atoms with Crippen molar-refractivity contribution < 1.29 is 0 Å². The Morgan fingerprint density at radius 3 is 1.29 bits per heavy atom. The number of hydrogen-bond acceptors (Lipinski definition) is 1. The number of hydrogen-bond donors (Lipinski definition) is 0. The second-order valence-corrected chi connectivity index (χ2v) is 19.0. The Kier molecular flexibility index (Phi) is 20.0. The van der Waals surface area contributed by atoms with Crippen LogP contribution in [0.15, 0.2) is 303 Å². The molecule has 10 rings (SSSR count). The summed E-state index contributed by atoms with van der Waals surface area (Å²) in [6, 6.07) is 91.9. The molecule has 0 radical (unpaired) electrons. The van der Waals surface area contributed by atoms with Crippen molar-refractivity contribution in [1.82, 2.24) is 0 Å². The van der Waals surface area contributed by atoms with Crippen molar-refractivity contribution >= 4 is 45.0 Å². The molecule has 0 atom stereocenters. The molecule has 0 saturated heterocycles. The molecule has 0 saturated carbocycles. The summed E-state index contributed by atoms with van der Waals surface area (Å²) in [5.41, 5.74) is 20.6. The Bertz CT molecular complexity index is 3500. The number of aliphatic imine (C=N–C) groups is 1. The van der Waals surface area contributed by atoms with Gasteiger partial charge in [-0.15, -0.1) is 0 Å². The van der Waals surface area contributed by atoms with Crippen LogP contribution in [0, 0.1) is 0 Å².